The van der Waals surface area contributed by atoms with Gasteiger partial charge in [-0.3, -0.25) is 14.9 Å². The van der Waals surface area contributed by atoms with E-state index in [4.69, 9.17) is 0 Å². The number of ketones is 1. The second-order valence-corrected chi connectivity index (χ2v) is 7.20. The molecule has 1 aromatic carbocycles. The van der Waals surface area contributed by atoms with Crippen molar-refractivity contribution in [3.63, 3.8) is 0 Å². The quantitative estimate of drug-likeness (QED) is 0.919. The summed E-state index contributed by atoms with van der Waals surface area (Å²) in [5, 5.41) is 2.73. The van der Waals surface area contributed by atoms with Crippen molar-refractivity contribution in [1.29, 1.82) is 0 Å². The number of amides is 1. The van der Waals surface area contributed by atoms with E-state index in [1.165, 1.54) is 6.20 Å². The van der Waals surface area contributed by atoms with Gasteiger partial charge in [0.15, 0.2) is 5.78 Å². The number of benzene rings is 1. The van der Waals surface area contributed by atoms with Crippen molar-refractivity contribution < 1.29 is 9.59 Å². The molecule has 1 aliphatic rings. The van der Waals surface area contributed by atoms with Crippen molar-refractivity contribution in [3.05, 3.63) is 53.3 Å². The fourth-order valence-corrected chi connectivity index (χ4v) is 2.76. The van der Waals surface area contributed by atoms with E-state index in [0.717, 1.165) is 5.56 Å². The zero-order valence-electron chi connectivity index (χ0n) is 14.2. The average Bonchev–Trinajstić information content (AvgIpc) is 2.54. The molecule has 3 rings (SSSR count). The minimum atomic E-state index is -0.526. The largest absolute Gasteiger partial charge is 0.294 e. The van der Waals surface area contributed by atoms with Crippen molar-refractivity contribution in [2.45, 2.75) is 39.5 Å². The summed E-state index contributed by atoms with van der Waals surface area (Å²) in [4.78, 5) is 33.0. The van der Waals surface area contributed by atoms with Crippen LogP contribution < -0.4 is 5.32 Å². The number of Topliss-reactive ketones (excluding diaryl/α,β-unsaturated/α-hetero) is 1. The van der Waals surface area contributed by atoms with E-state index in [2.05, 4.69) is 15.3 Å². The third-order valence-electron chi connectivity index (χ3n) is 4.22. The molecule has 1 aromatic heterocycles. The maximum atomic E-state index is 12.4. The number of nitrogens with zero attached hydrogens (tertiary/aromatic N) is 2. The van der Waals surface area contributed by atoms with E-state index in [0.29, 0.717) is 24.1 Å². The van der Waals surface area contributed by atoms with Crippen LogP contribution in [0.4, 0.5) is 5.95 Å². The zero-order valence-corrected chi connectivity index (χ0v) is 14.2. The summed E-state index contributed by atoms with van der Waals surface area (Å²) < 4.78 is 0. The lowest BCUT2D eigenvalue weighted by Crippen LogP contribution is -2.29. The first-order chi connectivity index (χ1) is 11.3. The molecule has 0 bridgehead atoms. The van der Waals surface area contributed by atoms with E-state index in [-0.39, 0.29) is 23.6 Å². The smallest absolute Gasteiger partial charge is 0.232 e. The second-order valence-electron chi connectivity index (χ2n) is 7.20. The molecule has 1 atom stereocenters. The number of aromatic nitrogens is 2. The van der Waals surface area contributed by atoms with Crippen LogP contribution in [-0.4, -0.2) is 21.7 Å². The minimum absolute atomic E-state index is 0.0544. The highest BCUT2D eigenvalue weighted by Crippen LogP contribution is 2.31. The van der Waals surface area contributed by atoms with Crippen LogP contribution in [0.15, 0.2) is 36.5 Å². The number of fused-ring (bicyclic) bond motifs is 1. The van der Waals surface area contributed by atoms with Gasteiger partial charge in [-0.15, -0.1) is 0 Å². The fourth-order valence-electron chi connectivity index (χ4n) is 2.76. The number of hydrogen-bond donors (Lipinski definition) is 1. The van der Waals surface area contributed by atoms with Crippen molar-refractivity contribution in [3.8, 4) is 0 Å². The van der Waals surface area contributed by atoms with Crippen molar-refractivity contribution in [2.75, 3.05) is 5.32 Å². The van der Waals surface area contributed by atoms with Crippen molar-refractivity contribution in [1.82, 2.24) is 9.97 Å². The molecule has 0 unspecified atom stereocenters. The molecule has 0 radical (unpaired) electrons. The second kappa shape index (κ2) is 6.15. The number of anilines is 1. The van der Waals surface area contributed by atoms with Crippen molar-refractivity contribution >= 4 is 17.6 Å². The normalized spacial score (nSPS) is 17.3. The molecule has 5 heteroatoms. The van der Waals surface area contributed by atoms with Gasteiger partial charge in [0.25, 0.3) is 0 Å². The van der Waals surface area contributed by atoms with E-state index in [9.17, 15) is 9.59 Å². The Kier molecular flexibility index (Phi) is 4.18. The number of hydrogen-bond acceptors (Lipinski definition) is 4. The van der Waals surface area contributed by atoms with E-state index >= 15 is 0 Å². The van der Waals surface area contributed by atoms with E-state index in [1.54, 1.807) is 0 Å². The number of carbonyl (C=O) groups is 2. The fraction of sp³-hybridized carbons (Fsp3) is 0.368. The predicted octanol–water partition coefficient (Wildman–Crippen LogP) is 3.37. The average molecular weight is 323 g/mol. The summed E-state index contributed by atoms with van der Waals surface area (Å²) in [6.07, 6.45) is 2.67. The molecule has 0 saturated heterocycles. The molecule has 24 heavy (non-hydrogen) atoms. The topological polar surface area (TPSA) is 72.0 Å². The van der Waals surface area contributed by atoms with Gasteiger partial charge in [-0.05, 0) is 17.9 Å². The first-order valence-electron chi connectivity index (χ1n) is 8.10. The maximum Gasteiger partial charge on any atom is 0.232 e. The van der Waals surface area contributed by atoms with Gasteiger partial charge in [0.1, 0.15) is 0 Å². The highest BCUT2D eigenvalue weighted by Gasteiger charge is 2.29. The van der Waals surface area contributed by atoms with Crippen LogP contribution in [0, 0.1) is 5.41 Å². The van der Waals surface area contributed by atoms with Gasteiger partial charge in [0.05, 0.1) is 11.3 Å². The van der Waals surface area contributed by atoms with E-state index < -0.39 is 5.41 Å². The summed E-state index contributed by atoms with van der Waals surface area (Å²) in [7, 11) is 0. The molecule has 1 aliphatic carbocycles. The Morgan fingerprint density at radius 1 is 1.17 bits per heavy atom. The number of rotatable bonds is 2. The Labute approximate surface area is 141 Å². The van der Waals surface area contributed by atoms with Crippen LogP contribution in [0.2, 0.25) is 0 Å². The molecule has 2 aromatic rings. The molecule has 0 fully saturated rings. The minimum Gasteiger partial charge on any atom is -0.294 e. The molecular formula is C19H21N3O2. The summed E-state index contributed by atoms with van der Waals surface area (Å²) in [5.74, 6) is 0.283. The van der Waals surface area contributed by atoms with Crippen LogP contribution in [-0.2, 0) is 11.2 Å². The maximum absolute atomic E-state index is 12.4. The Morgan fingerprint density at radius 3 is 2.54 bits per heavy atom. The molecule has 0 saturated carbocycles. The van der Waals surface area contributed by atoms with Crippen LogP contribution in [0.25, 0.3) is 0 Å². The summed E-state index contributed by atoms with van der Waals surface area (Å²) in [6, 6.07) is 9.98. The molecule has 124 valence electrons. The monoisotopic (exact) mass is 323 g/mol. The first kappa shape index (κ1) is 16.3. The molecule has 1 amide bonds. The lowest BCUT2D eigenvalue weighted by atomic mass is 9.82. The number of nitrogens with one attached hydrogen (secondary N) is 1. The van der Waals surface area contributed by atoms with Crippen molar-refractivity contribution in [2.24, 2.45) is 5.41 Å². The van der Waals surface area contributed by atoms with Gasteiger partial charge in [-0.1, -0.05) is 51.1 Å². The van der Waals surface area contributed by atoms with Gasteiger partial charge >= 0.3 is 0 Å². The van der Waals surface area contributed by atoms with E-state index in [1.807, 2.05) is 51.1 Å². The third kappa shape index (κ3) is 3.35. The summed E-state index contributed by atoms with van der Waals surface area (Å²) in [5.41, 5.74) is 1.88. The highest BCUT2D eigenvalue weighted by atomic mass is 16.2. The molecular weight excluding hydrogens is 302 g/mol. The zero-order chi connectivity index (χ0) is 17.3. The Hall–Kier alpha value is -2.56. The molecule has 5 nitrogen and oxygen atoms in total. The summed E-state index contributed by atoms with van der Waals surface area (Å²) >= 11 is 0. The van der Waals surface area contributed by atoms with Gasteiger partial charge in [0, 0.05) is 18.0 Å². The molecule has 0 spiro atoms. The lowest BCUT2D eigenvalue weighted by Gasteiger charge is -2.23. The Balaban J connectivity index is 1.86. The van der Waals surface area contributed by atoms with Gasteiger partial charge in [-0.25, -0.2) is 9.97 Å². The first-order valence-corrected chi connectivity index (χ1v) is 8.10. The number of carbonyl (C=O) groups excluding carboxylic acids is 2. The van der Waals surface area contributed by atoms with Gasteiger partial charge in [0.2, 0.25) is 11.9 Å². The SMILES string of the molecule is CC(C)(C)C(=O)Nc1ncc2c(n1)C[C@H](c1ccccc1)CC2=O. The Morgan fingerprint density at radius 2 is 1.88 bits per heavy atom. The predicted molar refractivity (Wildman–Crippen MR) is 92.0 cm³/mol. The Bertz CT molecular complexity index is 779. The van der Waals surface area contributed by atoms with Crippen LogP contribution in [0.3, 0.4) is 0 Å². The van der Waals surface area contributed by atoms with Crippen LogP contribution in [0.1, 0.15) is 54.7 Å². The van der Waals surface area contributed by atoms with Crippen LogP contribution in [0.5, 0.6) is 0 Å². The van der Waals surface area contributed by atoms with Crippen LogP contribution >= 0.6 is 0 Å². The molecule has 1 N–H and O–H groups in total. The molecule has 0 aliphatic heterocycles. The summed E-state index contributed by atoms with van der Waals surface area (Å²) in [6.45, 7) is 5.49. The standard InChI is InChI=1S/C19H21N3O2/c1-19(2,3)17(24)22-18-20-11-14-15(21-18)9-13(10-16(14)23)12-7-5-4-6-8-12/h4-8,11,13H,9-10H2,1-3H3,(H,20,21,22,24)/t13-/m0/s1. The third-order valence-corrected chi connectivity index (χ3v) is 4.22. The van der Waals surface area contributed by atoms with Gasteiger partial charge in [-0.2, -0.15) is 0 Å². The van der Waals surface area contributed by atoms with Gasteiger partial charge < -0.3 is 0 Å². The highest BCUT2D eigenvalue weighted by molar-refractivity contribution is 5.99. The lowest BCUT2D eigenvalue weighted by molar-refractivity contribution is -0.123. The molecule has 1 heterocycles.